The van der Waals surface area contributed by atoms with Crippen LogP contribution in [0, 0.1) is 0 Å². The van der Waals surface area contributed by atoms with Gasteiger partial charge < -0.3 is 35.7 Å². The average molecular weight is 560 g/mol. The molecule has 0 saturated heterocycles. The topological polar surface area (TPSA) is 151 Å². The van der Waals surface area contributed by atoms with E-state index in [0.717, 1.165) is 25.5 Å². The van der Waals surface area contributed by atoms with Crippen molar-refractivity contribution >= 4 is 35.8 Å². The molecule has 0 aromatic heterocycles. The summed E-state index contributed by atoms with van der Waals surface area (Å²) in [5.74, 6) is -0.777. The van der Waals surface area contributed by atoms with Crippen molar-refractivity contribution in [2.45, 2.75) is 90.3 Å². The minimum Gasteiger partial charge on any atom is -0.444 e. The molecule has 11 nitrogen and oxygen atoms in total. The first-order chi connectivity index (χ1) is 19.0. The average Bonchev–Trinajstić information content (AvgIpc) is 3.23. The first kappa shape index (κ1) is 32.7. The highest BCUT2D eigenvalue weighted by Gasteiger charge is 2.37. The van der Waals surface area contributed by atoms with E-state index in [2.05, 4.69) is 10.6 Å². The predicted molar refractivity (Wildman–Crippen MR) is 153 cm³/mol. The minimum absolute atomic E-state index is 0.151. The van der Waals surface area contributed by atoms with Crippen molar-refractivity contribution in [2.24, 2.45) is 5.73 Å². The predicted octanol–water partition coefficient (Wildman–Crippen LogP) is 3.21. The summed E-state index contributed by atoms with van der Waals surface area (Å²) in [5.41, 5.74) is 6.72. The first-order valence-electron chi connectivity index (χ1n) is 14.1. The molecule has 4 N–H and O–H groups in total. The van der Waals surface area contributed by atoms with Crippen molar-refractivity contribution in [1.29, 1.82) is 0 Å². The summed E-state index contributed by atoms with van der Waals surface area (Å²) in [6.45, 7) is 7.33. The van der Waals surface area contributed by atoms with Crippen LogP contribution >= 0.6 is 0 Å². The Labute approximate surface area is 237 Å². The normalized spacial score (nSPS) is 13.4. The maximum atomic E-state index is 13.1. The van der Waals surface area contributed by atoms with Gasteiger partial charge in [-0.2, -0.15) is 0 Å². The summed E-state index contributed by atoms with van der Waals surface area (Å²) in [5, 5.41) is 5.48. The van der Waals surface area contributed by atoms with Gasteiger partial charge in [0, 0.05) is 56.3 Å². The summed E-state index contributed by atoms with van der Waals surface area (Å²) < 4.78 is 5.49. The number of ether oxygens (including phenoxy) is 1. The maximum absolute atomic E-state index is 13.1. The standard InChI is InChI=1S/C29H45N5O6/c1-29(2,3)40-28(39)33(18-11-16-30)17-8-6-5-7-15-25(36)32-23-13-9-12-21-22(23)20-34(27(21)38)24(14-10-19-35)26(37)31-4/h9,12-13,19,24H,5-8,10-11,14-18,20,30H2,1-4H3,(H,31,37)(H,32,36). The molecule has 1 atom stereocenters. The Bertz CT molecular complexity index is 1040. The lowest BCUT2D eigenvalue weighted by Gasteiger charge is -2.27. The number of amides is 4. The zero-order chi connectivity index (χ0) is 29.7. The number of hydrogen-bond acceptors (Lipinski definition) is 7. The van der Waals surface area contributed by atoms with Gasteiger partial charge in [0.1, 0.15) is 17.9 Å². The Balaban J connectivity index is 1.86. The van der Waals surface area contributed by atoms with Gasteiger partial charge in [0.05, 0.1) is 0 Å². The fourth-order valence-electron chi connectivity index (χ4n) is 4.60. The van der Waals surface area contributed by atoms with Crippen LogP contribution in [0.2, 0.25) is 0 Å². The monoisotopic (exact) mass is 559 g/mol. The Hall–Kier alpha value is -3.47. The molecular weight excluding hydrogens is 514 g/mol. The molecule has 2 rings (SSSR count). The molecule has 1 unspecified atom stereocenters. The minimum atomic E-state index is -0.764. The highest BCUT2D eigenvalue weighted by Crippen LogP contribution is 2.31. The third-order valence-electron chi connectivity index (χ3n) is 6.62. The number of hydrogen-bond donors (Lipinski definition) is 3. The van der Waals surface area contributed by atoms with Crippen molar-refractivity contribution in [3.05, 3.63) is 29.3 Å². The Morgan fingerprint density at radius 1 is 1.12 bits per heavy atom. The van der Waals surface area contributed by atoms with Crippen LogP contribution in [0.3, 0.4) is 0 Å². The Morgan fingerprint density at radius 2 is 1.82 bits per heavy atom. The van der Waals surface area contributed by atoms with E-state index in [1.165, 1.54) is 11.9 Å². The molecule has 1 aromatic rings. The lowest BCUT2D eigenvalue weighted by Crippen LogP contribution is -2.46. The SMILES string of the molecule is CNC(=O)C(CCC=O)N1Cc2c(NC(=O)CCCCCCN(CCCN)C(=O)OC(C)(C)C)cccc2C1=O. The van der Waals surface area contributed by atoms with Gasteiger partial charge in [0.15, 0.2) is 0 Å². The first-order valence-corrected chi connectivity index (χ1v) is 14.1. The van der Waals surface area contributed by atoms with Gasteiger partial charge in [0.25, 0.3) is 5.91 Å². The molecule has 0 bridgehead atoms. The van der Waals surface area contributed by atoms with Gasteiger partial charge in [-0.25, -0.2) is 4.79 Å². The molecule has 1 aromatic carbocycles. The molecule has 40 heavy (non-hydrogen) atoms. The maximum Gasteiger partial charge on any atom is 0.410 e. The molecular formula is C29H45N5O6. The Kier molecular flexibility index (Phi) is 13.1. The number of likely N-dealkylation sites (N-methyl/N-ethyl adjacent to an activating group) is 1. The number of nitrogens with one attached hydrogen (secondary N) is 2. The van der Waals surface area contributed by atoms with Gasteiger partial charge in [-0.15, -0.1) is 0 Å². The molecule has 0 fully saturated rings. The largest absolute Gasteiger partial charge is 0.444 e. The van der Waals surface area contributed by atoms with Gasteiger partial charge in [-0.3, -0.25) is 14.4 Å². The number of benzene rings is 1. The third-order valence-corrected chi connectivity index (χ3v) is 6.62. The molecule has 0 saturated carbocycles. The van der Waals surface area contributed by atoms with Crippen molar-refractivity contribution in [1.82, 2.24) is 15.1 Å². The second-order valence-corrected chi connectivity index (χ2v) is 11.0. The number of unbranched alkanes of at least 4 members (excludes halogenated alkanes) is 3. The van der Waals surface area contributed by atoms with E-state index in [1.807, 2.05) is 20.8 Å². The van der Waals surface area contributed by atoms with Gasteiger partial charge in [0.2, 0.25) is 11.8 Å². The number of fused-ring (bicyclic) bond motifs is 1. The zero-order valence-electron chi connectivity index (χ0n) is 24.3. The number of aldehydes is 1. The van der Waals surface area contributed by atoms with E-state index >= 15 is 0 Å². The highest BCUT2D eigenvalue weighted by atomic mass is 16.6. The summed E-state index contributed by atoms with van der Waals surface area (Å²) in [4.78, 5) is 64.6. The molecule has 4 amide bonds. The molecule has 0 aliphatic carbocycles. The van der Waals surface area contributed by atoms with Crippen molar-refractivity contribution in [3.63, 3.8) is 0 Å². The van der Waals surface area contributed by atoms with Crippen LogP contribution in [0.1, 0.15) is 88.1 Å². The summed E-state index contributed by atoms with van der Waals surface area (Å²) in [6, 6.07) is 4.37. The molecule has 11 heteroatoms. The van der Waals surface area contributed by atoms with Crippen LogP contribution in [-0.2, 0) is 25.7 Å². The molecule has 0 spiro atoms. The van der Waals surface area contributed by atoms with Crippen LogP contribution in [-0.4, -0.2) is 78.2 Å². The van der Waals surface area contributed by atoms with E-state index < -0.39 is 11.6 Å². The zero-order valence-corrected chi connectivity index (χ0v) is 24.3. The van der Waals surface area contributed by atoms with E-state index in [0.29, 0.717) is 55.7 Å². The fourth-order valence-corrected chi connectivity index (χ4v) is 4.60. The summed E-state index contributed by atoms with van der Waals surface area (Å²) >= 11 is 0. The lowest BCUT2D eigenvalue weighted by molar-refractivity contribution is -0.125. The van der Waals surface area contributed by atoms with Crippen LogP contribution in [0.15, 0.2) is 18.2 Å². The number of nitrogens with zero attached hydrogens (tertiary/aromatic N) is 2. The number of rotatable bonds is 16. The van der Waals surface area contributed by atoms with Crippen molar-refractivity contribution in [3.8, 4) is 0 Å². The number of anilines is 1. The number of nitrogens with two attached hydrogens (primary N) is 1. The second kappa shape index (κ2) is 16.0. The number of carbonyl (C=O) groups is 5. The van der Waals surface area contributed by atoms with Gasteiger partial charge in [-0.1, -0.05) is 18.9 Å². The van der Waals surface area contributed by atoms with Crippen molar-refractivity contribution < 1.29 is 28.7 Å². The van der Waals surface area contributed by atoms with Crippen LogP contribution < -0.4 is 16.4 Å². The molecule has 1 heterocycles. The highest BCUT2D eigenvalue weighted by molar-refractivity contribution is 6.04. The quantitative estimate of drug-likeness (QED) is 0.208. The Morgan fingerprint density at radius 3 is 2.48 bits per heavy atom. The van der Waals surface area contributed by atoms with Crippen LogP contribution in [0.5, 0.6) is 0 Å². The van der Waals surface area contributed by atoms with E-state index in [1.54, 1.807) is 23.1 Å². The lowest BCUT2D eigenvalue weighted by atomic mass is 10.1. The number of carbonyl (C=O) groups excluding carboxylic acids is 5. The smallest absolute Gasteiger partial charge is 0.410 e. The van der Waals surface area contributed by atoms with E-state index in [4.69, 9.17) is 10.5 Å². The summed E-state index contributed by atoms with van der Waals surface area (Å²) in [6.07, 6.45) is 4.99. The van der Waals surface area contributed by atoms with Crippen molar-refractivity contribution in [2.75, 3.05) is 32.0 Å². The van der Waals surface area contributed by atoms with Gasteiger partial charge in [-0.05, 0) is 65.1 Å². The van der Waals surface area contributed by atoms with Crippen LogP contribution in [0.4, 0.5) is 10.5 Å². The van der Waals surface area contributed by atoms with Gasteiger partial charge >= 0.3 is 6.09 Å². The fraction of sp³-hybridized carbons (Fsp3) is 0.621. The second-order valence-electron chi connectivity index (χ2n) is 11.0. The van der Waals surface area contributed by atoms with Crippen LogP contribution in [0.25, 0.3) is 0 Å². The summed E-state index contributed by atoms with van der Waals surface area (Å²) in [7, 11) is 1.49. The molecule has 0 radical (unpaired) electrons. The third kappa shape index (κ3) is 9.93. The molecule has 1 aliphatic heterocycles. The molecule has 222 valence electrons. The van der Waals surface area contributed by atoms with E-state index in [9.17, 15) is 24.0 Å². The molecule has 1 aliphatic rings. The van der Waals surface area contributed by atoms with E-state index in [-0.39, 0.29) is 43.2 Å².